The number of hydrogen-bond donors (Lipinski definition) is 1. The largest absolute Gasteiger partial charge is 0.494 e. The monoisotopic (exact) mass is 477 g/mol. The zero-order chi connectivity index (χ0) is 23.8. The van der Waals surface area contributed by atoms with Crippen LogP contribution in [0, 0.1) is 5.82 Å². The molecule has 0 spiro atoms. The average molecular weight is 478 g/mol. The Labute approximate surface area is 195 Å². The van der Waals surface area contributed by atoms with E-state index >= 15 is 0 Å². The van der Waals surface area contributed by atoms with E-state index in [0.29, 0.717) is 31.9 Å². The Bertz CT molecular complexity index is 1040. The second kappa shape index (κ2) is 11.6. The second-order valence-electron chi connectivity index (χ2n) is 8.16. The lowest BCUT2D eigenvalue weighted by atomic mass is 10.2. The molecule has 3 rings (SSSR count). The molecule has 33 heavy (non-hydrogen) atoms. The van der Waals surface area contributed by atoms with Crippen LogP contribution in [-0.2, 0) is 21.4 Å². The molecule has 2 aromatic rings. The fourth-order valence-corrected chi connectivity index (χ4v) is 5.41. The van der Waals surface area contributed by atoms with Crippen LogP contribution in [-0.4, -0.2) is 56.8 Å². The lowest BCUT2D eigenvalue weighted by Crippen LogP contribution is -2.33. The van der Waals surface area contributed by atoms with Crippen molar-refractivity contribution in [2.24, 2.45) is 0 Å². The Hall–Kier alpha value is -2.49. The first kappa shape index (κ1) is 25.1. The molecule has 2 aromatic carbocycles. The summed E-state index contributed by atoms with van der Waals surface area (Å²) in [5, 5.41) is 2.81. The summed E-state index contributed by atoms with van der Waals surface area (Å²) in [5.74, 6) is -0.486. The summed E-state index contributed by atoms with van der Waals surface area (Å²) in [4.78, 5) is 14.7. The lowest BCUT2D eigenvalue weighted by molar-refractivity contribution is -0.117. The normalized spacial score (nSPS) is 15.3. The number of rotatable bonds is 9. The molecule has 1 saturated heterocycles. The summed E-state index contributed by atoms with van der Waals surface area (Å²) in [7, 11) is -2.11. The van der Waals surface area contributed by atoms with Crippen LogP contribution >= 0.6 is 0 Å². The Balaban J connectivity index is 1.58. The SMILES string of the molecule is CCN(CC(=O)Nc1ccc(S(=O)(=O)N2CCCCCC2)cc1)Cc1ccc(OC)c(F)c1. The molecule has 1 amide bonds. The van der Waals surface area contributed by atoms with Crippen LogP contribution < -0.4 is 10.1 Å². The van der Waals surface area contributed by atoms with Crippen molar-refractivity contribution in [1.29, 1.82) is 0 Å². The third kappa shape index (κ3) is 6.75. The van der Waals surface area contributed by atoms with E-state index in [9.17, 15) is 17.6 Å². The molecule has 1 aliphatic heterocycles. The van der Waals surface area contributed by atoms with E-state index in [2.05, 4.69) is 5.32 Å². The van der Waals surface area contributed by atoms with Crippen LogP contribution in [0.2, 0.25) is 0 Å². The molecule has 0 bridgehead atoms. The number of anilines is 1. The van der Waals surface area contributed by atoms with Gasteiger partial charge in [-0.2, -0.15) is 4.31 Å². The smallest absolute Gasteiger partial charge is 0.243 e. The molecule has 0 aromatic heterocycles. The van der Waals surface area contributed by atoms with Crippen LogP contribution in [0.3, 0.4) is 0 Å². The number of nitrogens with one attached hydrogen (secondary N) is 1. The number of hydrogen-bond acceptors (Lipinski definition) is 5. The molecule has 0 radical (unpaired) electrons. The molecule has 1 fully saturated rings. The highest BCUT2D eigenvalue weighted by atomic mass is 32.2. The Morgan fingerprint density at radius 2 is 1.76 bits per heavy atom. The molecule has 9 heteroatoms. The van der Waals surface area contributed by atoms with Crippen LogP contribution in [0.15, 0.2) is 47.4 Å². The highest BCUT2D eigenvalue weighted by molar-refractivity contribution is 7.89. The number of carbonyl (C=O) groups is 1. The molecular weight excluding hydrogens is 445 g/mol. The Morgan fingerprint density at radius 1 is 1.09 bits per heavy atom. The van der Waals surface area contributed by atoms with E-state index in [4.69, 9.17) is 4.74 Å². The van der Waals surface area contributed by atoms with Crippen molar-refractivity contribution in [1.82, 2.24) is 9.21 Å². The van der Waals surface area contributed by atoms with Gasteiger partial charge >= 0.3 is 0 Å². The van der Waals surface area contributed by atoms with Gasteiger partial charge < -0.3 is 10.1 Å². The van der Waals surface area contributed by atoms with Gasteiger partial charge in [-0.25, -0.2) is 12.8 Å². The highest BCUT2D eigenvalue weighted by Gasteiger charge is 2.25. The quantitative estimate of drug-likeness (QED) is 0.593. The molecule has 0 aliphatic carbocycles. The number of ether oxygens (including phenoxy) is 1. The van der Waals surface area contributed by atoms with E-state index < -0.39 is 15.8 Å². The standard InChI is InChI=1S/C24H32FN3O4S/c1-3-27(17-19-8-13-23(32-2)22(25)16-19)18-24(29)26-20-9-11-21(12-10-20)33(30,31)28-14-6-4-5-7-15-28/h8-13,16H,3-7,14-15,17-18H2,1-2H3,(H,26,29). The van der Waals surface area contributed by atoms with Crippen LogP contribution in [0.5, 0.6) is 5.75 Å². The van der Waals surface area contributed by atoms with Gasteiger partial charge in [0.15, 0.2) is 11.6 Å². The molecule has 1 aliphatic rings. The van der Waals surface area contributed by atoms with Crippen LogP contribution in [0.1, 0.15) is 38.2 Å². The van der Waals surface area contributed by atoms with Crippen LogP contribution in [0.25, 0.3) is 0 Å². The molecule has 0 unspecified atom stereocenters. The average Bonchev–Trinajstić information content (AvgIpc) is 3.09. The van der Waals surface area contributed by atoms with Gasteiger partial charge in [-0.1, -0.05) is 25.8 Å². The first-order chi connectivity index (χ1) is 15.8. The number of amides is 1. The van der Waals surface area contributed by atoms with Gasteiger partial charge in [0.1, 0.15) is 0 Å². The molecule has 0 atom stereocenters. The molecule has 1 heterocycles. The predicted octanol–water partition coefficient (Wildman–Crippen LogP) is 3.86. The van der Waals surface area contributed by atoms with Crippen molar-refractivity contribution >= 4 is 21.6 Å². The van der Waals surface area contributed by atoms with Crippen molar-refractivity contribution in [2.75, 3.05) is 38.6 Å². The van der Waals surface area contributed by atoms with E-state index in [1.165, 1.54) is 25.3 Å². The first-order valence-corrected chi connectivity index (χ1v) is 12.7. The molecule has 180 valence electrons. The molecule has 0 saturated carbocycles. The number of nitrogens with zero attached hydrogens (tertiary/aromatic N) is 2. The zero-order valence-electron chi connectivity index (χ0n) is 19.2. The summed E-state index contributed by atoms with van der Waals surface area (Å²) < 4.78 is 46.2. The van der Waals surface area contributed by atoms with Crippen molar-refractivity contribution in [2.45, 2.75) is 44.0 Å². The number of likely N-dealkylation sites (N-methyl/N-ethyl adjacent to an activating group) is 1. The maximum Gasteiger partial charge on any atom is 0.243 e. The van der Waals surface area contributed by atoms with Crippen molar-refractivity contribution in [3.8, 4) is 5.75 Å². The van der Waals surface area contributed by atoms with Gasteiger partial charge in [-0.15, -0.1) is 0 Å². The van der Waals surface area contributed by atoms with Gasteiger partial charge in [0.25, 0.3) is 0 Å². The number of methoxy groups -OCH3 is 1. The van der Waals surface area contributed by atoms with Gasteiger partial charge in [-0.3, -0.25) is 9.69 Å². The van der Waals surface area contributed by atoms with E-state index in [0.717, 1.165) is 31.2 Å². The highest BCUT2D eigenvalue weighted by Crippen LogP contribution is 2.22. The minimum absolute atomic E-state index is 0.123. The maximum atomic E-state index is 13.9. The van der Waals surface area contributed by atoms with Gasteiger partial charge in [-0.05, 0) is 61.3 Å². The number of sulfonamides is 1. The van der Waals surface area contributed by atoms with Gasteiger partial charge in [0, 0.05) is 25.3 Å². The van der Waals surface area contributed by atoms with Crippen molar-refractivity contribution < 1.29 is 22.3 Å². The zero-order valence-corrected chi connectivity index (χ0v) is 20.0. The Morgan fingerprint density at radius 3 is 2.33 bits per heavy atom. The number of carbonyl (C=O) groups excluding carboxylic acids is 1. The summed E-state index contributed by atoms with van der Waals surface area (Å²) in [6, 6.07) is 11.0. The summed E-state index contributed by atoms with van der Waals surface area (Å²) >= 11 is 0. The van der Waals surface area contributed by atoms with Gasteiger partial charge in [0.05, 0.1) is 18.6 Å². The van der Waals surface area contributed by atoms with E-state index in [-0.39, 0.29) is 23.1 Å². The minimum Gasteiger partial charge on any atom is -0.494 e. The summed E-state index contributed by atoms with van der Waals surface area (Å²) in [5.41, 5.74) is 1.27. The third-order valence-electron chi connectivity index (χ3n) is 5.78. The van der Waals surface area contributed by atoms with Crippen LogP contribution in [0.4, 0.5) is 10.1 Å². The summed E-state index contributed by atoms with van der Waals surface area (Å²) in [6.07, 6.45) is 3.87. The number of benzene rings is 2. The molecule has 1 N–H and O–H groups in total. The van der Waals surface area contributed by atoms with Gasteiger partial charge in [0.2, 0.25) is 15.9 Å². The second-order valence-corrected chi connectivity index (χ2v) is 10.1. The molecular formula is C24H32FN3O4S. The minimum atomic E-state index is -3.52. The predicted molar refractivity (Wildman–Crippen MR) is 126 cm³/mol. The van der Waals surface area contributed by atoms with E-state index in [1.54, 1.807) is 28.6 Å². The maximum absolute atomic E-state index is 13.9. The van der Waals surface area contributed by atoms with Crippen molar-refractivity contribution in [3.63, 3.8) is 0 Å². The Kier molecular flexibility index (Phi) is 8.82. The first-order valence-electron chi connectivity index (χ1n) is 11.3. The molecule has 7 nitrogen and oxygen atoms in total. The number of halogens is 1. The summed E-state index contributed by atoms with van der Waals surface area (Å²) in [6.45, 7) is 4.16. The fraction of sp³-hybridized carbons (Fsp3) is 0.458. The topological polar surface area (TPSA) is 79.0 Å². The lowest BCUT2D eigenvalue weighted by Gasteiger charge is -2.21. The van der Waals surface area contributed by atoms with E-state index in [1.807, 2.05) is 11.8 Å². The van der Waals surface area contributed by atoms with Crippen molar-refractivity contribution in [3.05, 3.63) is 53.8 Å². The fourth-order valence-electron chi connectivity index (χ4n) is 3.89. The third-order valence-corrected chi connectivity index (χ3v) is 7.69.